The van der Waals surface area contributed by atoms with Crippen molar-refractivity contribution in [3.05, 3.63) is 29.8 Å². The molecular formula is C15H24N2O. The predicted molar refractivity (Wildman–Crippen MR) is 76.6 cm³/mol. The number of rotatable bonds is 6. The van der Waals surface area contributed by atoms with E-state index >= 15 is 0 Å². The predicted octanol–water partition coefficient (Wildman–Crippen LogP) is 3.34. The van der Waals surface area contributed by atoms with Gasteiger partial charge in [-0.3, -0.25) is 4.79 Å². The van der Waals surface area contributed by atoms with E-state index in [1.54, 1.807) is 0 Å². The highest BCUT2D eigenvalue weighted by atomic mass is 16.1. The molecule has 0 saturated carbocycles. The van der Waals surface area contributed by atoms with E-state index in [1.807, 2.05) is 31.3 Å². The Bertz CT molecular complexity index is 390. The summed E-state index contributed by atoms with van der Waals surface area (Å²) in [6.45, 7) is 6.29. The van der Waals surface area contributed by atoms with Gasteiger partial charge in [-0.2, -0.15) is 0 Å². The van der Waals surface area contributed by atoms with E-state index < -0.39 is 0 Å². The zero-order chi connectivity index (χ0) is 13.5. The molecule has 0 fully saturated rings. The lowest BCUT2D eigenvalue weighted by Crippen LogP contribution is -2.19. The van der Waals surface area contributed by atoms with Crippen molar-refractivity contribution in [2.45, 2.75) is 39.7 Å². The van der Waals surface area contributed by atoms with Gasteiger partial charge in [0.2, 0.25) is 5.91 Å². The molecule has 2 atom stereocenters. The lowest BCUT2D eigenvalue weighted by Gasteiger charge is -2.17. The molecule has 0 aliphatic rings. The average Bonchev–Trinajstić information content (AvgIpc) is 2.38. The number of nitrogens with one attached hydrogen (secondary N) is 2. The molecule has 1 unspecified atom stereocenters. The van der Waals surface area contributed by atoms with Crippen molar-refractivity contribution < 1.29 is 4.79 Å². The van der Waals surface area contributed by atoms with Gasteiger partial charge < -0.3 is 10.6 Å². The second kappa shape index (κ2) is 7.17. The summed E-state index contributed by atoms with van der Waals surface area (Å²) < 4.78 is 0. The van der Waals surface area contributed by atoms with Crippen LogP contribution in [0.3, 0.4) is 0 Å². The Balaban J connectivity index is 2.75. The normalized spacial score (nSPS) is 14.0. The van der Waals surface area contributed by atoms with Crippen LogP contribution in [0.15, 0.2) is 24.3 Å². The quantitative estimate of drug-likeness (QED) is 0.810. The Morgan fingerprint density at radius 2 is 1.94 bits per heavy atom. The number of benzene rings is 1. The highest BCUT2D eigenvalue weighted by Gasteiger charge is 2.12. The monoisotopic (exact) mass is 248 g/mol. The smallest absolute Gasteiger partial charge is 0.224 e. The first-order chi connectivity index (χ1) is 8.58. The van der Waals surface area contributed by atoms with E-state index in [4.69, 9.17) is 0 Å². The van der Waals surface area contributed by atoms with Crippen LogP contribution < -0.4 is 10.6 Å². The van der Waals surface area contributed by atoms with Crippen LogP contribution >= 0.6 is 0 Å². The van der Waals surface area contributed by atoms with Crippen molar-refractivity contribution in [1.82, 2.24) is 5.32 Å². The maximum absolute atomic E-state index is 11.9. The molecule has 1 rings (SSSR count). The maximum Gasteiger partial charge on any atom is 0.224 e. The van der Waals surface area contributed by atoms with Crippen molar-refractivity contribution >= 4 is 11.6 Å². The molecule has 0 bridgehead atoms. The molecule has 100 valence electrons. The van der Waals surface area contributed by atoms with Crippen molar-refractivity contribution in [3.63, 3.8) is 0 Å². The van der Waals surface area contributed by atoms with Gasteiger partial charge in [0, 0.05) is 18.2 Å². The molecule has 0 aliphatic heterocycles. The first-order valence-electron chi connectivity index (χ1n) is 6.64. The zero-order valence-corrected chi connectivity index (χ0v) is 11.8. The molecule has 2 N–H and O–H groups in total. The molecule has 1 amide bonds. The summed E-state index contributed by atoms with van der Waals surface area (Å²) in [5.41, 5.74) is 2.03. The van der Waals surface area contributed by atoms with Crippen LogP contribution in [0.2, 0.25) is 0 Å². The summed E-state index contributed by atoms with van der Waals surface area (Å²) in [4.78, 5) is 11.9. The van der Waals surface area contributed by atoms with Gasteiger partial charge in [-0.1, -0.05) is 38.5 Å². The third-order valence-corrected chi connectivity index (χ3v) is 3.37. The molecule has 3 heteroatoms. The zero-order valence-electron chi connectivity index (χ0n) is 11.8. The van der Waals surface area contributed by atoms with Gasteiger partial charge in [-0.25, -0.2) is 0 Å². The van der Waals surface area contributed by atoms with E-state index in [2.05, 4.69) is 31.4 Å². The Morgan fingerprint density at radius 3 is 2.56 bits per heavy atom. The van der Waals surface area contributed by atoms with Crippen LogP contribution in [0.4, 0.5) is 5.69 Å². The fraction of sp³-hybridized carbons (Fsp3) is 0.533. The summed E-state index contributed by atoms with van der Waals surface area (Å²) in [5.74, 6) is 0.527. The van der Waals surface area contributed by atoms with Gasteiger partial charge in [0.1, 0.15) is 0 Å². The van der Waals surface area contributed by atoms with E-state index in [1.165, 1.54) is 0 Å². The number of hydrogen-bond donors (Lipinski definition) is 2. The maximum atomic E-state index is 11.9. The number of amides is 1. The molecule has 0 heterocycles. The first-order valence-corrected chi connectivity index (χ1v) is 6.64. The Morgan fingerprint density at radius 1 is 1.28 bits per heavy atom. The Labute approximate surface area is 110 Å². The minimum absolute atomic E-state index is 0.0973. The van der Waals surface area contributed by atoms with Gasteiger partial charge in [0.05, 0.1) is 0 Å². The molecule has 0 aromatic heterocycles. The van der Waals surface area contributed by atoms with Gasteiger partial charge in [-0.05, 0) is 31.5 Å². The molecule has 0 aliphatic carbocycles. The largest absolute Gasteiger partial charge is 0.326 e. The molecule has 0 saturated heterocycles. The standard InChI is InChI=1S/C15H24N2O/c1-5-11(2)10-15(18)17-14-9-7-6-8-13(14)12(3)16-4/h6-9,11-12,16H,5,10H2,1-4H3,(H,17,18)/t11-,12?/m0/s1. The molecule has 3 nitrogen and oxygen atoms in total. The third kappa shape index (κ3) is 4.15. The molecule has 0 radical (unpaired) electrons. The number of hydrogen-bond acceptors (Lipinski definition) is 2. The highest BCUT2D eigenvalue weighted by Crippen LogP contribution is 2.22. The minimum Gasteiger partial charge on any atom is -0.326 e. The molecule has 18 heavy (non-hydrogen) atoms. The van der Waals surface area contributed by atoms with E-state index in [9.17, 15) is 4.79 Å². The van der Waals surface area contributed by atoms with E-state index in [0.717, 1.165) is 17.7 Å². The van der Waals surface area contributed by atoms with Crippen molar-refractivity contribution in [1.29, 1.82) is 0 Å². The van der Waals surface area contributed by atoms with Crippen LogP contribution in [0.5, 0.6) is 0 Å². The van der Waals surface area contributed by atoms with Crippen LogP contribution in [0.1, 0.15) is 45.2 Å². The van der Waals surface area contributed by atoms with Gasteiger partial charge >= 0.3 is 0 Å². The first kappa shape index (κ1) is 14.7. The summed E-state index contributed by atoms with van der Waals surface area (Å²) in [6, 6.07) is 8.17. The summed E-state index contributed by atoms with van der Waals surface area (Å²) in [7, 11) is 1.92. The lowest BCUT2D eigenvalue weighted by molar-refractivity contribution is -0.117. The summed E-state index contributed by atoms with van der Waals surface area (Å²) in [6.07, 6.45) is 1.61. The summed E-state index contributed by atoms with van der Waals surface area (Å²) >= 11 is 0. The SMILES string of the molecule is CC[C@H](C)CC(=O)Nc1ccccc1C(C)NC. The molecule has 1 aromatic rings. The number of anilines is 1. The highest BCUT2D eigenvalue weighted by molar-refractivity contribution is 5.91. The van der Waals surface area contributed by atoms with E-state index in [0.29, 0.717) is 12.3 Å². The fourth-order valence-electron chi connectivity index (χ4n) is 1.81. The second-order valence-electron chi connectivity index (χ2n) is 4.86. The molecule has 0 spiro atoms. The van der Waals surface area contributed by atoms with Crippen molar-refractivity contribution in [2.75, 3.05) is 12.4 Å². The minimum atomic E-state index is 0.0973. The Kier molecular flexibility index (Phi) is 5.86. The van der Waals surface area contributed by atoms with Crippen molar-refractivity contribution in [3.8, 4) is 0 Å². The molecular weight excluding hydrogens is 224 g/mol. The van der Waals surface area contributed by atoms with Crippen LogP contribution in [0, 0.1) is 5.92 Å². The molecule has 1 aromatic carbocycles. The second-order valence-corrected chi connectivity index (χ2v) is 4.86. The number of carbonyl (C=O) groups is 1. The van der Waals surface area contributed by atoms with Crippen LogP contribution in [-0.4, -0.2) is 13.0 Å². The number of carbonyl (C=O) groups excluding carboxylic acids is 1. The summed E-state index contributed by atoms with van der Waals surface area (Å²) in [5, 5.41) is 6.21. The fourth-order valence-corrected chi connectivity index (χ4v) is 1.81. The third-order valence-electron chi connectivity index (χ3n) is 3.37. The van der Waals surface area contributed by atoms with E-state index in [-0.39, 0.29) is 11.9 Å². The lowest BCUT2D eigenvalue weighted by atomic mass is 10.0. The van der Waals surface area contributed by atoms with Gasteiger partial charge in [-0.15, -0.1) is 0 Å². The topological polar surface area (TPSA) is 41.1 Å². The van der Waals surface area contributed by atoms with Crippen LogP contribution in [-0.2, 0) is 4.79 Å². The van der Waals surface area contributed by atoms with Crippen LogP contribution in [0.25, 0.3) is 0 Å². The van der Waals surface area contributed by atoms with Gasteiger partial charge in [0.15, 0.2) is 0 Å². The Hall–Kier alpha value is -1.35. The number of para-hydroxylation sites is 1. The van der Waals surface area contributed by atoms with Crippen molar-refractivity contribution in [2.24, 2.45) is 5.92 Å². The van der Waals surface area contributed by atoms with Gasteiger partial charge in [0.25, 0.3) is 0 Å². The average molecular weight is 248 g/mol.